The van der Waals surface area contributed by atoms with Gasteiger partial charge in [0.05, 0.1) is 23.8 Å². The number of hydrogen-bond donors (Lipinski definition) is 2. The minimum Gasteiger partial charge on any atom is -0.494 e. The van der Waals surface area contributed by atoms with Crippen LogP contribution in [0.25, 0.3) is 0 Å². The topological polar surface area (TPSA) is 76.8 Å². The number of amides is 1. The number of ether oxygens (including phenoxy) is 1. The first kappa shape index (κ1) is 24.7. The Kier molecular flexibility index (Phi) is 7.14. The molecule has 1 saturated heterocycles. The summed E-state index contributed by atoms with van der Waals surface area (Å²) in [5.74, 6) is 0.194. The van der Waals surface area contributed by atoms with Crippen LogP contribution in [0.15, 0.2) is 42.5 Å². The van der Waals surface area contributed by atoms with Crippen LogP contribution in [0.3, 0.4) is 0 Å². The summed E-state index contributed by atoms with van der Waals surface area (Å²) in [6.07, 6.45) is -3.38. The monoisotopic (exact) mass is 479 g/mol. The van der Waals surface area contributed by atoms with Crippen molar-refractivity contribution in [2.45, 2.75) is 43.9 Å². The number of rotatable bonds is 7. The Morgan fingerprint density at radius 3 is 2.36 bits per heavy atom. The maximum absolute atomic E-state index is 13.5. The molecule has 0 radical (unpaired) electrons. The summed E-state index contributed by atoms with van der Waals surface area (Å²) in [5, 5.41) is 17.9. The first-order valence-corrected chi connectivity index (χ1v) is 10.8. The molecular weight excluding hydrogens is 455 g/mol. The minimum atomic E-state index is -4.74. The fourth-order valence-electron chi connectivity index (χ4n) is 3.73. The van der Waals surface area contributed by atoms with E-state index in [2.05, 4.69) is 12.6 Å². The number of aliphatic hydroxyl groups is 1. The zero-order valence-corrected chi connectivity index (χ0v) is 19.0. The van der Waals surface area contributed by atoms with E-state index in [1.54, 1.807) is 49.1 Å². The summed E-state index contributed by atoms with van der Waals surface area (Å²) in [6, 6.07) is 11.7. The highest BCUT2D eigenvalue weighted by molar-refractivity contribution is 7.81. The Labute approximate surface area is 195 Å². The summed E-state index contributed by atoms with van der Waals surface area (Å²) in [7, 11) is 0. The van der Waals surface area contributed by atoms with Crippen molar-refractivity contribution in [3.8, 4) is 11.8 Å². The number of thiol groups is 1. The van der Waals surface area contributed by atoms with Gasteiger partial charge in [0.15, 0.2) is 5.50 Å². The molecule has 0 spiro atoms. The van der Waals surface area contributed by atoms with Crippen LogP contribution in [0.1, 0.15) is 37.8 Å². The van der Waals surface area contributed by atoms with Crippen molar-refractivity contribution in [1.82, 2.24) is 0 Å². The first-order valence-electron chi connectivity index (χ1n) is 10.3. The lowest BCUT2D eigenvalue weighted by Crippen LogP contribution is -2.44. The molecule has 1 heterocycles. The van der Waals surface area contributed by atoms with E-state index in [9.17, 15) is 18.0 Å². The standard InChI is InChI=1S/C23H24F3N3O3S/c1-22(2)20(31)28(17-6-5-15(14-27)19(13-17)23(24,25)26)21(33)29(22)16-7-9-18(10-8-16)32-12-4-3-11-30/h5-10,13,21,30,33H,3-4,11-12H2,1-2H3. The predicted octanol–water partition coefficient (Wildman–Crippen LogP) is 4.57. The van der Waals surface area contributed by atoms with Gasteiger partial charge < -0.3 is 14.7 Å². The number of benzene rings is 2. The van der Waals surface area contributed by atoms with Crippen molar-refractivity contribution in [1.29, 1.82) is 5.26 Å². The molecule has 1 aliphatic heterocycles. The Morgan fingerprint density at radius 2 is 1.79 bits per heavy atom. The molecule has 0 aromatic heterocycles. The van der Waals surface area contributed by atoms with Gasteiger partial charge >= 0.3 is 6.18 Å². The van der Waals surface area contributed by atoms with Crippen LogP contribution in [0.5, 0.6) is 5.75 Å². The Bertz CT molecular complexity index is 1050. The average molecular weight is 480 g/mol. The van der Waals surface area contributed by atoms with Crippen LogP contribution in [-0.2, 0) is 11.0 Å². The molecule has 1 fully saturated rings. The van der Waals surface area contributed by atoms with E-state index < -0.39 is 34.2 Å². The first-order chi connectivity index (χ1) is 15.5. The third kappa shape index (κ3) is 4.89. The van der Waals surface area contributed by atoms with E-state index in [-0.39, 0.29) is 12.3 Å². The van der Waals surface area contributed by atoms with Crippen LogP contribution in [-0.4, -0.2) is 35.3 Å². The molecule has 10 heteroatoms. The van der Waals surface area contributed by atoms with Crippen molar-refractivity contribution in [2.75, 3.05) is 23.0 Å². The van der Waals surface area contributed by atoms with Gasteiger partial charge in [-0.2, -0.15) is 18.4 Å². The molecule has 2 aromatic rings. The van der Waals surface area contributed by atoms with Crippen LogP contribution in [0.4, 0.5) is 24.5 Å². The SMILES string of the molecule is CC1(C)C(=O)N(c2ccc(C#N)c(C(F)(F)F)c2)C(S)N1c1ccc(OCCCCO)cc1. The molecule has 0 saturated carbocycles. The zero-order chi connectivity index (χ0) is 24.4. The molecular formula is C23H24F3N3O3S. The van der Waals surface area contributed by atoms with Gasteiger partial charge in [0.2, 0.25) is 0 Å². The normalized spacial score (nSPS) is 17.9. The van der Waals surface area contributed by atoms with Gasteiger partial charge in [-0.15, -0.1) is 12.6 Å². The summed E-state index contributed by atoms with van der Waals surface area (Å²) in [4.78, 5) is 16.2. The lowest BCUT2D eigenvalue weighted by atomic mass is 10.0. The quantitative estimate of drug-likeness (QED) is 0.449. The number of carbonyl (C=O) groups is 1. The number of nitriles is 1. The summed E-state index contributed by atoms with van der Waals surface area (Å²) >= 11 is 4.57. The number of hydrogen-bond acceptors (Lipinski definition) is 6. The fourth-order valence-corrected chi connectivity index (χ4v) is 4.39. The molecule has 1 aliphatic rings. The van der Waals surface area contributed by atoms with Crippen LogP contribution in [0, 0.1) is 11.3 Å². The van der Waals surface area contributed by atoms with E-state index in [1.165, 1.54) is 11.0 Å². The van der Waals surface area contributed by atoms with E-state index in [0.717, 1.165) is 12.1 Å². The highest BCUT2D eigenvalue weighted by atomic mass is 32.1. The van der Waals surface area contributed by atoms with Gasteiger partial charge in [0.25, 0.3) is 5.91 Å². The van der Waals surface area contributed by atoms with Crippen LogP contribution < -0.4 is 14.5 Å². The lowest BCUT2D eigenvalue weighted by molar-refractivity contribution is -0.137. The Hall–Kier alpha value is -2.90. The highest BCUT2D eigenvalue weighted by Gasteiger charge is 2.51. The number of anilines is 2. The largest absolute Gasteiger partial charge is 0.494 e. The van der Waals surface area contributed by atoms with Crippen molar-refractivity contribution >= 4 is 29.9 Å². The van der Waals surface area contributed by atoms with Crippen molar-refractivity contribution in [2.24, 2.45) is 0 Å². The van der Waals surface area contributed by atoms with Gasteiger partial charge in [0.1, 0.15) is 11.3 Å². The number of aliphatic hydroxyl groups excluding tert-OH is 1. The van der Waals surface area contributed by atoms with Gasteiger partial charge in [-0.3, -0.25) is 9.69 Å². The summed E-state index contributed by atoms with van der Waals surface area (Å²) < 4.78 is 46.0. The molecule has 0 bridgehead atoms. The maximum atomic E-state index is 13.5. The number of nitrogens with zero attached hydrogens (tertiary/aromatic N) is 3. The molecule has 1 atom stereocenters. The summed E-state index contributed by atoms with van der Waals surface area (Å²) in [6.45, 7) is 3.90. The van der Waals surface area contributed by atoms with Gasteiger partial charge in [-0.25, -0.2) is 0 Å². The average Bonchev–Trinajstić information content (AvgIpc) is 2.94. The predicted molar refractivity (Wildman–Crippen MR) is 121 cm³/mol. The number of halogens is 3. The van der Waals surface area contributed by atoms with Gasteiger partial charge in [-0.1, -0.05) is 0 Å². The number of unbranched alkanes of at least 4 members (excludes halogenated alkanes) is 1. The Morgan fingerprint density at radius 1 is 1.15 bits per heavy atom. The molecule has 2 aromatic carbocycles. The van der Waals surface area contributed by atoms with Gasteiger partial charge in [-0.05, 0) is 69.2 Å². The molecule has 1 N–H and O–H groups in total. The van der Waals surface area contributed by atoms with E-state index in [4.69, 9.17) is 15.1 Å². The number of alkyl halides is 3. The van der Waals surface area contributed by atoms with E-state index in [0.29, 0.717) is 30.9 Å². The molecule has 33 heavy (non-hydrogen) atoms. The maximum Gasteiger partial charge on any atom is 0.417 e. The molecule has 6 nitrogen and oxygen atoms in total. The van der Waals surface area contributed by atoms with Crippen molar-refractivity contribution in [3.63, 3.8) is 0 Å². The second kappa shape index (κ2) is 9.53. The third-order valence-corrected chi connectivity index (χ3v) is 5.91. The second-order valence-corrected chi connectivity index (χ2v) is 8.52. The highest BCUT2D eigenvalue weighted by Crippen LogP contribution is 2.42. The molecule has 1 unspecified atom stereocenters. The smallest absolute Gasteiger partial charge is 0.417 e. The van der Waals surface area contributed by atoms with Crippen LogP contribution >= 0.6 is 12.6 Å². The van der Waals surface area contributed by atoms with Crippen LogP contribution in [0.2, 0.25) is 0 Å². The minimum absolute atomic E-state index is 0.00531. The van der Waals surface area contributed by atoms with E-state index in [1.807, 2.05) is 0 Å². The van der Waals surface area contributed by atoms with Crippen molar-refractivity contribution < 1.29 is 27.8 Å². The van der Waals surface area contributed by atoms with Crippen molar-refractivity contribution in [3.05, 3.63) is 53.6 Å². The molecule has 176 valence electrons. The second-order valence-electron chi connectivity index (χ2n) is 8.06. The molecule has 0 aliphatic carbocycles. The Balaban J connectivity index is 1.91. The number of carbonyl (C=O) groups excluding carboxylic acids is 1. The fraction of sp³-hybridized carbons (Fsp3) is 0.391. The molecule has 1 amide bonds. The molecule has 3 rings (SSSR count). The third-order valence-electron chi connectivity index (χ3n) is 5.45. The van der Waals surface area contributed by atoms with Gasteiger partial charge in [0, 0.05) is 18.0 Å². The zero-order valence-electron chi connectivity index (χ0n) is 18.1. The van der Waals surface area contributed by atoms with E-state index >= 15 is 0 Å². The lowest BCUT2D eigenvalue weighted by Gasteiger charge is -2.33. The summed E-state index contributed by atoms with van der Waals surface area (Å²) in [5.41, 5.74) is -2.94.